The summed E-state index contributed by atoms with van der Waals surface area (Å²) in [6.07, 6.45) is 2.30. The lowest BCUT2D eigenvalue weighted by atomic mass is 10.4. The van der Waals surface area contributed by atoms with Crippen molar-refractivity contribution in [3.8, 4) is 0 Å². The van der Waals surface area contributed by atoms with Gasteiger partial charge in [0.2, 0.25) is 0 Å². The zero-order valence-corrected chi connectivity index (χ0v) is 6.63. The molecule has 0 fully saturated rings. The van der Waals surface area contributed by atoms with Crippen LogP contribution in [0.4, 0.5) is 5.69 Å². The fraction of sp³-hybridized carbons (Fsp3) is 0. The van der Waals surface area contributed by atoms with Crippen molar-refractivity contribution >= 4 is 28.9 Å². The number of pyridine rings is 1. The molecule has 0 aromatic carbocycles. The summed E-state index contributed by atoms with van der Waals surface area (Å²) in [6, 6.07) is 0. The zero-order valence-electron chi connectivity index (χ0n) is 5.12. The van der Waals surface area contributed by atoms with Gasteiger partial charge in [-0.3, -0.25) is 15.1 Å². The van der Waals surface area contributed by atoms with Crippen molar-refractivity contribution in [2.75, 3.05) is 0 Å². The van der Waals surface area contributed by atoms with Crippen molar-refractivity contribution in [3.05, 3.63) is 32.6 Å². The predicted molar refractivity (Wildman–Crippen MR) is 40.9 cm³/mol. The summed E-state index contributed by atoms with van der Waals surface area (Å²) >= 11 is 10.9. The van der Waals surface area contributed by atoms with Crippen LogP contribution in [0.1, 0.15) is 0 Å². The number of halogens is 2. The van der Waals surface area contributed by atoms with E-state index in [9.17, 15) is 10.1 Å². The summed E-state index contributed by atoms with van der Waals surface area (Å²) in [7, 11) is 0. The second-order valence-electron chi connectivity index (χ2n) is 1.71. The maximum absolute atomic E-state index is 10.2. The van der Waals surface area contributed by atoms with Crippen molar-refractivity contribution in [3.63, 3.8) is 0 Å². The lowest BCUT2D eigenvalue weighted by Crippen LogP contribution is -1.90. The highest BCUT2D eigenvalue weighted by atomic mass is 35.5. The van der Waals surface area contributed by atoms with Gasteiger partial charge in [0, 0.05) is 6.20 Å². The minimum absolute atomic E-state index is 0.0772. The Hall–Kier alpha value is -0.870. The normalized spacial score (nSPS) is 9.64. The highest BCUT2D eigenvalue weighted by molar-refractivity contribution is 6.43. The van der Waals surface area contributed by atoms with Gasteiger partial charge < -0.3 is 0 Å². The third-order valence-corrected chi connectivity index (χ3v) is 1.80. The molecule has 11 heavy (non-hydrogen) atoms. The van der Waals surface area contributed by atoms with Gasteiger partial charge in [-0.25, -0.2) is 0 Å². The Morgan fingerprint density at radius 2 is 2.09 bits per heavy atom. The number of hydrogen-bond donors (Lipinski definition) is 0. The first-order valence-corrected chi connectivity index (χ1v) is 3.32. The molecule has 0 aliphatic heterocycles. The summed E-state index contributed by atoms with van der Waals surface area (Å²) < 4.78 is 0. The van der Waals surface area contributed by atoms with Crippen molar-refractivity contribution in [1.82, 2.24) is 4.98 Å². The number of aromatic nitrogens is 1. The smallest absolute Gasteiger partial charge is 0.258 e. The molecule has 4 nitrogen and oxygen atoms in total. The van der Waals surface area contributed by atoms with Gasteiger partial charge in [0.15, 0.2) is 0 Å². The minimum Gasteiger partial charge on any atom is -0.258 e. The highest BCUT2D eigenvalue weighted by Gasteiger charge is 2.14. The average Bonchev–Trinajstić information content (AvgIpc) is 1.94. The third-order valence-electron chi connectivity index (χ3n) is 1.02. The van der Waals surface area contributed by atoms with E-state index in [1.807, 2.05) is 0 Å². The molecule has 0 radical (unpaired) electrons. The Kier molecular flexibility index (Phi) is 2.26. The number of nitro groups is 1. The maximum Gasteiger partial charge on any atom is 0.307 e. The van der Waals surface area contributed by atoms with Crippen molar-refractivity contribution < 1.29 is 4.92 Å². The standard InChI is InChI=1S/C5H2Cl2N2O2/c6-3-1-8-2-4(5(3)7)9(10)11/h1-2H. The van der Waals surface area contributed by atoms with Gasteiger partial charge in [-0.15, -0.1) is 0 Å². The molecule has 0 bridgehead atoms. The fourth-order valence-electron chi connectivity index (χ4n) is 0.536. The van der Waals surface area contributed by atoms with Crippen LogP contribution >= 0.6 is 23.2 Å². The molecule has 0 saturated carbocycles. The molecule has 1 heterocycles. The number of rotatable bonds is 1. The van der Waals surface area contributed by atoms with E-state index in [0.29, 0.717) is 0 Å². The quantitative estimate of drug-likeness (QED) is 0.507. The zero-order chi connectivity index (χ0) is 8.43. The summed E-state index contributed by atoms with van der Waals surface area (Å²) in [6.45, 7) is 0. The molecular weight excluding hydrogens is 191 g/mol. The van der Waals surface area contributed by atoms with Crippen LogP contribution in [0.25, 0.3) is 0 Å². The summed E-state index contributed by atoms with van der Waals surface area (Å²) in [5, 5.41) is 10.2. The van der Waals surface area contributed by atoms with Crippen molar-refractivity contribution in [2.24, 2.45) is 0 Å². The van der Waals surface area contributed by atoms with Crippen LogP contribution in [0.3, 0.4) is 0 Å². The van der Waals surface area contributed by atoms with Crippen molar-refractivity contribution in [2.45, 2.75) is 0 Å². The molecule has 0 spiro atoms. The highest BCUT2D eigenvalue weighted by Crippen LogP contribution is 2.29. The van der Waals surface area contributed by atoms with E-state index in [4.69, 9.17) is 23.2 Å². The summed E-state index contributed by atoms with van der Waals surface area (Å²) in [5.74, 6) is 0. The Morgan fingerprint density at radius 1 is 1.45 bits per heavy atom. The first kappa shape index (κ1) is 8.23. The molecular formula is C5H2Cl2N2O2. The van der Waals surface area contributed by atoms with Gasteiger partial charge >= 0.3 is 5.69 Å². The van der Waals surface area contributed by atoms with Crippen LogP contribution in [0, 0.1) is 10.1 Å². The Morgan fingerprint density at radius 3 is 2.55 bits per heavy atom. The Labute approximate surface area is 71.9 Å². The van der Waals surface area contributed by atoms with Gasteiger partial charge in [-0.05, 0) is 0 Å². The molecule has 0 N–H and O–H groups in total. The summed E-state index contributed by atoms with van der Waals surface area (Å²) in [5.41, 5.74) is -0.279. The fourth-order valence-corrected chi connectivity index (χ4v) is 0.856. The second kappa shape index (κ2) is 3.02. The van der Waals surface area contributed by atoms with E-state index in [1.165, 1.54) is 6.20 Å². The first-order valence-electron chi connectivity index (χ1n) is 2.56. The van der Waals surface area contributed by atoms with E-state index >= 15 is 0 Å². The van der Waals surface area contributed by atoms with Crippen LogP contribution in [0.5, 0.6) is 0 Å². The molecule has 1 rings (SSSR count). The van der Waals surface area contributed by atoms with Gasteiger partial charge in [-0.2, -0.15) is 0 Å². The van der Waals surface area contributed by atoms with E-state index in [0.717, 1.165) is 6.20 Å². The first-order chi connectivity index (χ1) is 5.13. The van der Waals surface area contributed by atoms with Gasteiger partial charge in [0.05, 0.1) is 9.95 Å². The van der Waals surface area contributed by atoms with E-state index in [-0.39, 0.29) is 15.7 Å². The third kappa shape index (κ3) is 1.58. The SMILES string of the molecule is O=[N+]([O-])c1cncc(Cl)c1Cl. The Balaban J connectivity index is 3.27. The van der Waals surface area contributed by atoms with E-state index in [2.05, 4.69) is 4.98 Å². The Bertz CT molecular complexity index is 303. The predicted octanol–water partition coefficient (Wildman–Crippen LogP) is 2.30. The molecule has 0 aliphatic rings. The monoisotopic (exact) mass is 192 g/mol. The molecule has 0 unspecified atom stereocenters. The molecule has 0 aliphatic carbocycles. The van der Waals surface area contributed by atoms with Gasteiger partial charge in [-0.1, -0.05) is 23.2 Å². The molecule has 0 atom stereocenters. The van der Waals surface area contributed by atoms with Crippen LogP contribution in [-0.2, 0) is 0 Å². The summed E-state index contributed by atoms with van der Waals surface area (Å²) in [4.78, 5) is 13.1. The van der Waals surface area contributed by atoms with Crippen LogP contribution in [0.15, 0.2) is 12.4 Å². The van der Waals surface area contributed by atoms with Gasteiger partial charge in [0.1, 0.15) is 11.2 Å². The van der Waals surface area contributed by atoms with E-state index in [1.54, 1.807) is 0 Å². The second-order valence-corrected chi connectivity index (χ2v) is 2.50. The van der Waals surface area contributed by atoms with Crippen molar-refractivity contribution in [1.29, 1.82) is 0 Å². The number of hydrogen-bond acceptors (Lipinski definition) is 3. The topological polar surface area (TPSA) is 56.0 Å². The van der Waals surface area contributed by atoms with Crippen LogP contribution < -0.4 is 0 Å². The molecule has 6 heteroatoms. The molecule has 58 valence electrons. The largest absolute Gasteiger partial charge is 0.307 e. The molecule has 0 amide bonds. The molecule has 1 aromatic heterocycles. The minimum atomic E-state index is -0.638. The molecule has 1 aromatic rings. The molecule has 0 saturated heterocycles. The van der Waals surface area contributed by atoms with Crippen LogP contribution in [0.2, 0.25) is 10.0 Å². The van der Waals surface area contributed by atoms with Crippen LogP contribution in [-0.4, -0.2) is 9.91 Å². The number of nitrogens with zero attached hydrogens (tertiary/aromatic N) is 2. The lowest BCUT2D eigenvalue weighted by Gasteiger charge is -1.94. The lowest BCUT2D eigenvalue weighted by molar-refractivity contribution is -0.385. The van der Waals surface area contributed by atoms with Gasteiger partial charge in [0.25, 0.3) is 0 Å². The van der Waals surface area contributed by atoms with E-state index < -0.39 is 4.92 Å². The maximum atomic E-state index is 10.2. The average molecular weight is 193 g/mol.